The number of esters is 1. The molecule has 2 rings (SSSR count). The van der Waals surface area contributed by atoms with Gasteiger partial charge in [-0.3, -0.25) is 4.79 Å². The molecule has 0 bridgehead atoms. The summed E-state index contributed by atoms with van der Waals surface area (Å²) in [5.74, 6) is -0.848. The molecule has 0 saturated carbocycles. The Bertz CT molecular complexity index is 632. The first-order chi connectivity index (χ1) is 11.0. The lowest BCUT2D eigenvalue weighted by Crippen LogP contribution is -2.41. The smallest absolute Gasteiger partial charge is 0.466 e. The van der Waals surface area contributed by atoms with Crippen molar-refractivity contribution in [1.82, 2.24) is 0 Å². The molecule has 1 saturated heterocycles. The van der Waals surface area contributed by atoms with Crippen molar-refractivity contribution in [2.24, 2.45) is 0 Å². The SMILES string of the molecule is COC(=O)CC(B1OC(C)(C)C(C)(C)O1)c1cc(Br)cc(Br)c1O. The van der Waals surface area contributed by atoms with Gasteiger partial charge in [0.25, 0.3) is 0 Å². The second-order valence-corrected chi connectivity index (χ2v) is 8.61. The Balaban J connectivity index is 2.46. The van der Waals surface area contributed by atoms with E-state index in [0.29, 0.717) is 10.0 Å². The van der Waals surface area contributed by atoms with Gasteiger partial charge < -0.3 is 19.2 Å². The fraction of sp³-hybridized carbons (Fsp3) is 0.562. The predicted octanol–water partition coefficient (Wildman–Crippen LogP) is 4.20. The summed E-state index contributed by atoms with van der Waals surface area (Å²) >= 11 is 6.74. The zero-order valence-corrected chi connectivity index (χ0v) is 17.5. The number of rotatable bonds is 4. The van der Waals surface area contributed by atoms with E-state index in [1.54, 1.807) is 12.1 Å². The van der Waals surface area contributed by atoms with Crippen LogP contribution in [0.4, 0.5) is 0 Å². The first-order valence-corrected chi connectivity index (χ1v) is 9.17. The molecule has 1 heterocycles. The van der Waals surface area contributed by atoms with E-state index in [0.717, 1.165) is 4.47 Å². The summed E-state index contributed by atoms with van der Waals surface area (Å²) in [5, 5.41) is 10.5. The molecular weight excluding hydrogens is 443 g/mol. The summed E-state index contributed by atoms with van der Waals surface area (Å²) in [4.78, 5) is 11.9. The molecule has 0 spiro atoms. The van der Waals surface area contributed by atoms with Gasteiger partial charge in [0, 0.05) is 10.3 Å². The quantitative estimate of drug-likeness (QED) is 0.535. The van der Waals surface area contributed by atoms with Crippen molar-refractivity contribution in [3.63, 3.8) is 0 Å². The van der Waals surface area contributed by atoms with Crippen LogP contribution in [0.5, 0.6) is 5.75 Å². The topological polar surface area (TPSA) is 65.0 Å². The average molecular weight is 464 g/mol. The van der Waals surface area contributed by atoms with Gasteiger partial charge in [-0.15, -0.1) is 0 Å². The van der Waals surface area contributed by atoms with Crippen molar-refractivity contribution >= 4 is 44.9 Å². The Morgan fingerprint density at radius 3 is 2.29 bits per heavy atom. The van der Waals surface area contributed by atoms with Crippen LogP contribution in [0, 0.1) is 0 Å². The lowest BCUT2D eigenvalue weighted by atomic mass is 9.66. The van der Waals surface area contributed by atoms with Gasteiger partial charge in [-0.2, -0.15) is 0 Å². The maximum Gasteiger partial charge on any atom is 0.466 e. The summed E-state index contributed by atoms with van der Waals surface area (Å²) in [6.45, 7) is 7.77. The molecule has 5 nitrogen and oxygen atoms in total. The third-order valence-corrected chi connectivity index (χ3v) is 5.73. The molecule has 24 heavy (non-hydrogen) atoms. The predicted molar refractivity (Wildman–Crippen MR) is 99.0 cm³/mol. The highest BCUT2D eigenvalue weighted by Gasteiger charge is 2.54. The summed E-state index contributed by atoms with van der Waals surface area (Å²) in [5.41, 5.74) is -0.518. The number of phenols is 1. The van der Waals surface area contributed by atoms with Crippen molar-refractivity contribution in [2.75, 3.05) is 7.11 Å². The van der Waals surface area contributed by atoms with Gasteiger partial charge in [-0.25, -0.2) is 0 Å². The fourth-order valence-corrected chi connectivity index (χ4v) is 3.80. The number of carbonyl (C=O) groups is 1. The molecule has 1 aromatic carbocycles. The van der Waals surface area contributed by atoms with Crippen molar-refractivity contribution in [1.29, 1.82) is 0 Å². The zero-order valence-electron chi connectivity index (χ0n) is 14.4. The van der Waals surface area contributed by atoms with Crippen LogP contribution in [0.2, 0.25) is 0 Å². The first kappa shape index (κ1) is 19.8. The van der Waals surface area contributed by atoms with E-state index in [2.05, 4.69) is 31.9 Å². The Morgan fingerprint density at radius 1 is 1.25 bits per heavy atom. The van der Waals surface area contributed by atoms with Crippen LogP contribution in [-0.2, 0) is 18.8 Å². The van der Waals surface area contributed by atoms with E-state index < -0.39 is 30.1 Å². The minimum Gasteiger partial charge on any atom is -0.506 e. The monoisotopic (exact) mass is 462 g/mol. The van der Waals surface area contributed by atoms with E-state index in [4.69, 9.17) is 14.0 Å². The minimum absolute atomic E-state index is 0.0315. The first-order valence-electron chi connectivity index (χ1n) is 7.59. The second-order valence-electron chi connectivity index (χ2n) is 6.84. The van der Waals surface area contributed by atoms with Crippen LogP contribution < -0.4 is 0 Å². The van der Waals surface area contributed by atoms with Crippen LogP contribution in [0.15, 0.2) is 21.1 Å². The second kappa shape index (κ2) is 6.98. The van der Waals surface area contributed by atoms with Crippen molar-refractivity contribution < 1.29 is 23.9 Å². The molecule has 1 atom stereocenters. The summed E-state index contributed by atoms with van der Waals surface area (Å²) in [7, 11) is 0.654. The Kier molecular flexibility index (Phi) is 5.74. The number of phenolic OH excluding ortho intramolecular Hbond substituents is 1. The highest BCUT2D eigenvalue weighted by Crippen LogP contribution is 2.45. The largest absolute Gasteiger partial charge is 0.506 e. The third kappa shape index (κ3) is 3.82. The van der Waals surface area contributed by atoms with Crippen molar-refractivity contribution in [2.45, 2.75) is 51.1 Å². The van der Waals surface area contributed by atoms with E-state index in [1.807, 2.05) is 27.7 Å². The number of hydrogen-bond donors (Lipinski definition) is 1. The lowest BCUT2D eigenvalue weighted by molar-refractivity contribution is -0.140. The van der Waals surface area contributed by atoms with Gasteiger partial charge in [0.05, 0.1) is 29.2 Å². The van der Waals surface area contributed by atoms with Gasteiger partial charge in [0.2, 0.25) is 0 Å². The number of methoxy groups -OCH3 is 1. The number of benzene rings is 1. The summed E-state index contributed by atoms with van der Waals surface area (Å²) in [6, 6.07) is 3.50. The van der Waals surface area contributed by atoms with Crippen molar-refractivity contribution in [3.05, 3.63) is 26.6 Å². The third-order valence-electron chi connectivity index (χ3n) is 4.67. The average Bonchev–Trinajstić information content (AvgIpc) is 2.68. The molecule has 0 radical (unpaired) electrons. The van der Waals surface area contributed by atoms with Gasteiger partial charge in [-0.05, 0) is 61.3 Å². The van der Waals surface area contributed by atoms with Crippen LogP contribution >= 0.6 is 31.9 Å². The number of halogens is 2. The van der Waals surface area contributed by atoms with E-state index in [1.165, 1.54) is 7.11 Å². The van der Waals surface area contributed by atoms with Crippen LogP contribution in [0.25, 0.3) is 0 Å². The summed E-state index contributed by atoms with van der Waals surface area (Å²) < 4.78 is 18.3. The summed E-state index contributed by atoms with van der Waals surface area (Å²) in [6.07, 6.45) is 0.0315. The zero-order chi connectivity index (χ0) is 18.3. The normalized spacial score (nSPS) is 20.0. The molecule has 0 aliphatic carbocycles. The molecule has 8 heteroatoms. The number of hydrogen-bond acceptors (Lipinski definition) is 5. The molecule has 1 aromatic rings. The van der Waals surface area contributed by atoms with Gasteiger partial charge in [0.15, 0.2) is 0 Å². The maximum absolute atomic E-state index is 11.9. The molecule has 1 aliphatic rings. The van der Waals surface area contributed by atoms with Crippen LogP contribution in [-0.4, -0.2) is 36.5 Å². The molecule has 0 aromatic heterocycles. The van der Waals surface area contributed by atoms with Crippen LogP contribution in [0.1, 0.15) is 45.5 Å². The molecule has 1 fully saturated rings. The number of ether oxygens (including phenoxy) is 1. The molecule has 1 aliphatic heterocycles. The molecular formula is C16H21BBr2O5. The lowest BCUT2D eigenvalue weighted by Gasteiger charge is -2.32. The highest BCUT2D eigenvalue weighted by molar-refractivity contribution is 9.11. The van der Waals surface area contributed by atoms with Gasteiger partial charge in [-0.1, -0.05) is 15.9 Å². The maximum atomic E-state index is 11.9. The Hall–Kier alpha value is -0.565. The van der Waals surface area contributed by atoms with Gasteiger partial charge in [0.1, 0.15) is 5.75 Å². The molecule has 0 amide bonds. The Morgan fingerprint density at radius 2 is 1.79 bits per heavy atom. The van der Waals surface area contributed by atoms with E-state index in [-0.39, 0.29) is 12.2 Å². The van der Waals surface area contributed by atoms with Crippen molar-refractivity contribution in [3.8, 4) is 5.75 Å². The molecule has 1 N–H and O–H groups in total. The minimum atomic E-state index is -0.679. The molecule has 1 unspecified atom stereocenters. The highest BCUT2D eigenvalue weighted by atomic mass is 79.9. The standard InChI is InChI=1S/C16H21BBr2O5/c1-15(2)16(3,4)24-17(23-15)11(8-13(20)22-5)10-6-9(18)7-12(19)14(10)21/h6-7,11,21H,8H2,1-5H3. The van der Waals surface area contributed by atoms with Crippen LogP contribution in [0.3, 0.4) is 0 Å². The Labute approximate surface area is 159 Å². The molecule has 132 valence electrons. The number of aromatic hydroxyl groups is 1. The van der Waals surface area contributed by atoms with E-state index >= 15 is 0 Å². The van der Waals surface area contributed by atoms with E-state index in [9.17, 15) is 9.90 Å². The number of carbonyl (C=O) groups excluding carboxylic acids is 1. The fourth-order valence-electron chi connectivity index (χ4n) is 2.54. The van der Waals surface area contributed by atoms with Gasteiger partial charge >= 0.3 is 13.1 Å².